The summed E-state index contributed by atoms with van der Waals surface area (Å²) in [5.41, 5.74) is 1.54. The van der Waals surface area contributed by atoms with Crippen molar-refractivity contribution in [2.24, 2.45) is 0 Å². The molecular formula is C18H18N2O5S. The normalized spacial score (nSPS) is 28.5. The molecule has 2 aromatic rings. The highest BCUT2D eigenvalue weighted by molar-refractivity contribution is 7.71. The molecule has 26 heavy (non-hydrogen) atoms. The molecule has 1 aliphatic heterocycles. The van der Waals surface area contributed by atoms with Gasteiger partial charge in [-0.05, 0) is 17.7 Å². The zero-order valence-electron chi connectivity index (χ0n) is 13.6. The fraction of sp³-hybridized carbons (Fsp3) is 0.333. The Labute approximate surface area is 155 Å². The van der Waals surface area contributed by atoms with E-state index in [4.69, 9.17) is 17.0 Å². The largest absolute Gasteiger partial charge is 0.394 e. The van der Waals surface area contributed by atoms with Crippen molar-refractivity contribution in [3.05, 3.63) is 52.7 Å². The van der Waals surface area contributed by atoms with Gasteiger partial charge in [0, 0.05) is 0 Å². The topological polar surface area (TPSA) is 119 Å². The second kappa shape index (κ2) is 7.63. The number of benzene rings is 1. The van der Waals surface area contributed by atoms with Gasteiger partial charge >= 0.3 is 0 Å². The third-order valence-electron chi connectivity index (χ3n) is 4.43. The number of nitriles is 1. The standard InChI is InChI=1S/C18H18N2O5S/c19-8-11-6-7-12(10-4-2-1-3-5-10)20(18(11)26)17-16(24)15(23)14(22)13(9-21)25-17/h1-7,13-17,21-24H,9H2/t13-,14-,15+,16-,17-/m1/s1. The van der Waals surface area contributed by atoms with E-state index in [9.17, 15) is 25.7 Å². The first kappa shape index (κ1) is 18.7. The highest BCUT2D eigenvalue weighted by Crippen LogP contribution is 2.33. The smallest absolute Gasteiger partial charge is 0.164 e. The molecule has 8 heteroatoms. The minimum atomic E-state index is -1.54. The maximum absolute atomic E-state index is 10.5. The predicted molar refractivity (Wildman–Crippen MR) is 94.4 cm³/mol. The van der Waals surface area contributed by atoms with Crippen LogP contribution in [0.2, 0.25) is 0 Å². The summed E-state index contributed by atoms with van der Waals surface area (Å²) in [6, 6.07) is 14.4. The van der Waals surface area contributed by atoms with Gasteiger partial charge in [-0.25, -0.2) is 0 Å². The summed E-state index contributed by atoms with van der Waals surface area (Å²) >= 11 is 5.40. The van der Waals surface area contributed by atoms with Crippen LogP contribution in [0.25, 0.3) is 11.3 Å². The van der Waals surface area contributed by atoms with Crippen LogP contribution in [0, 0.1) is 16.0 Å². The van der Waals surface area contributed by atoms with Gasteiger partial charge in [0.15, 0.2) is 6.23 Å². The third-order valence-corrected chi connectivity index (χ3v) is 4.84. The number of pyridine rings is 1. The first-order chi connectivity index (χ1) is 12.5. The van der Waals surface area contributed by atoms with Crippen molar-refractivity contribution in [1.29, 1.82) is 5.26 Å². The molecule has 1 aromatic heterocycles. The van der Waals surface area contributed by atoms with Crippen LogP contribution in [0.1, 0.15) is 11.8 Å². The molecule has 7 nitrogen and oxygen atoms in total. The summed E-state index contributed by atoms with van der Waals surface area (Å²) < 4.78 is 7.20. The van der Waals surface area contributed by atoms with Gasteiger partial charge < -0.3 is 29.7 Å². The van der Waals surface area contributed by atoms with Crippen molar-refractivity contribution in [3.63, 3.8) is 0 Å². The van der Waals surface area contributed by atoms with Crippen LogP contribution in [-0.2, 0) is 4.74 Å². The monoisotopic (exact) mass is 374 g/mol. The van der Waals surface area contributed by atoms with Gasteiger partial charge in [-0.3, -0.25) is 0 Å². The quantitative estimate of drug-likeness (QED) is 0.585. The summed E-state index contributed by atoms with van der Waals surface area (Å²) in [4.78, 5) is 0. The number of ether oxygens (including phenoxy) is 1. The minimum Gasteiger partial charge on any atom is -0.394 e. The third kappa shape index (κ3) is 3.17. The van der Waals surface area contributed by atoms with Crippen LogP contribution in [0.3, 0.4) is 0 Å². The summed E-state index contributed by atoms with van der Waals surface area (Å²) in [6.07, 6.45) is -6.77. The van der Waals surface area contributed by atoms with Gasteiger partial charge in [0.05, 0.1) is 17.9 Å². The highest BCUT2D eigenvalue weighted by Gasteiger charge is 2.44. The van der Waals surface area contributed by atoms with E-state index < -0.39 is 37.3 Å². The maximum atomic E-state index is 10.5. The van der Waals surface area contributed by atoms with E-state index in [1.165, 1.54) is 4.57 Å². The van der Waals surface area contributed by atoms with Crippen LogP contribution in [0.4, 0.5) is 0 Å². The Balaban J connectivity index is 2.19. The molecule has 0 aliphatic carbocycles. The van der Waals surface area contributed by atoms with Crippen molar-refractivity contribution in [3.8, 4) is 17.3 Å². The van der Waals surface area contributed by atoms with Crippen LogP contribution in [0.5, 0.6) is 0 Å². The number of hydrogen-bond acceptors (Lipinski definition) is 7. The number of hydrogen-bond donors (Lipinski definition) is 4. The average Bonchev–Trinajstić information content (AvgIpc) is 2.67. The lowest BCUT2D eigenvalue weighted by Crippen LogP contribution is -2.56. The lowest BCUT2D eigenvalue weighted by atomic mass is 9.97. The zero-order chi connectivity index (χ0) is 18.8. The van der Waals surface area contributed by atoms with E-state index in [0.717, 1.165) is 5.56 Å². The van der Waals surface area contributed by atoms with E-state index in [0.29, 0.717) is 5.69 Å². The molecule has 136 valence electrons. The summed E-state index contributed by atoms with van der Waals surface area (Å²) in [5, 5.41) is 49.3. The SMILES string of the molecule is N#Cc1ccc(-c2ccccc2)n([C@@H]2O[C@H](CO)[C@@H](O)[C@H](O)[C@H]2O)c1=S. The number of nitrogens with zero attached hydrogens (tertiary/aromatic N) is 2. The molecule has 1 aliphatic rings. The number of aliphatic hydroxyl groups excluding tert-OH is 4. The Morgan fingerprint density at radius 3 is 2.35 bits per heavy atom. The molecule has 0 amide bonds. The fourth-order valence-electron chi connectivity index (χ4n) is 3.03. The van der Waals surface area contributed by atoms with Gasteiger partial charge in [0.1, 0.15) is 35.1 Å². The molecule has 1 saturated heterocycles. The van der Waals surface area contributed by atoms with Crippen molar-refractivity contribution >= 4 is 12.2 Å². The Hall–Kier alpha value is -2.12. The Morgan fingerprint density at radius 1 is 1.04 bits per heavy atom. The molecule has 1 fully saturated rings. The van der Waals surface area contributed by atoms with Gasteiger partial charge in [0.25, 0.3) is 0 Å². The van der Waals surface area contributed by atoms with E-state index in [1.807, 2.05) is 36.4 Å². The lowest BCUT2D eigenvalue weighted by molar-refractivity contribution is -0.251. The van der Waals surface area contributed by atoms with Crippen LogP contribution < -0.4 is 0 Å². The maximum Gasteiger partial charge on any atom is 0.164 e. The average molecular weight is 374 g/mol. The molecule has 0 unspecified atom stereocenters. The molecule has 0 radical (unpaired) electrons. The van der Waals surface area contributed by atoms with Crippen LogP contribution in [-0.4, -0.2) is 56.0 Å². The summed E-state index contributed by atoms with van der Waals surface area (Å²) in [6.45, 7) is -0.548. The van der Waals surface area contributed by atoms with Crippen LogP contribution >= 0.6 is 12.2 Å². The van der Waals surface area contributed by atoms with Gasteiger partial charge in [-0.2, -0.15) is 5.26 Å². The zero-order valence-corrected chi connectivity index (χ0v) is 14.5. The van der Waals surface area contributed by atoms with E-state index >= 15 is 0 Å². The first-order valence-electron chi connectivity index (χ1n) is 8.01. The number of aromatic nitrogens is 1. The van der Waals surface area contributed by atoms with E-state index in [-0.39, 0.29) is 10.2 Å². The van der Waals surface area contributed by atoms with Gasteiger partial charge in [-0.15, -0.1) is 0 Å². The molecule has 4 N–H and O–H groups in total. The number of aliphatic hydroxyl groups is 4. The summed E-state index contributed by atoms with van der Waals surface area (Å²) in [7, 11) is 0. The van der Waals surface area contributed by atoms with Crippen molar-refractivity contribution in [2.75, 3.05) is 6.61 Å². The highest BCUT2D eigenvalue weighted by atomic mass is 32.1. The molecule has 0 bridgehead atoms. The molecule has 5 atom stereocenters. The Bertz CT molecular complexity index is 877. The molecule has 1 aromatic carbocycles. The molecule has 0 spiro atoms. The van der Waals surface area contributed by atoms with Gasteiger partial charge in [-0.1, -0.05) is 42.5 Å². The van der Waals surface area contributed by atoms with Crippen molar-refractivity contribution in [2.45, 2.75) is 30.6 Å². The molecule has 2 heterocycles. The van der Waals surface area contributed by atoms with Gasteiger partial charge in [0.2, 0.25) is 0 Å². The molecule has 3 rings (SSSR count). The minimum absolute atomic E-state index is 0.123. The van der Waals surface area contributed by atoms with Crippen molar-refractivity contribution < 1.29 is 25.2 Å². The number of rotatable bonds is 3. The molecular weight excluding hydrogens is 356 g/mol. The van der Waals surface area contributed by atoms with E-state index in [1.54, 1.807) is 12.1 Å². The Kier molecular flexibility index (Phi) is 5.48. The first-order valence-corrected chi connectivity index (χ1v) is 8.42. The lowest BCUT2D eigenvalue weighted by Gasteiger charge is -2.41. The van der Waals surface area contributed by atoms with Crippen LogP contribution in [0.15, 0.2) is 42.5 Å². The predicted octanol–water partition coefficient (Wildman–Crippen LogP) is 0.729. The fourth-order valence-corrected chi connectivity index (χ4v) is 3.35. The summed E-state index contributed by atoms with van der Waals surface area (Å²) in [5.74, 6) is 0. The molecule has 0 saturated carbocycles. The second-order valence-electron chi connectivity index (χ2n) is 6.00. The van der Waals surface area contributed by atoms with Crippen molar-refractivity contribution in [1.82, 2.24) is 4.57 Å². The second-order valence-corrected chi connectivity index (χ2v) is 6.39. The Morgan fingerprint density at radius 2 is 1.73 bits per heavy atom. The van der Waals surface area contributed by atoms with E-state index in [2.05, 4.69) is 0 Å².